The number of halogens is 1. The molecule has 0 bridgehead atoms. The fraction of sp³-hybridized carbons (Fsp3) is 1.00. The normalized spacial score (nSPS) is 10.5. The summed E-state index contributed by atoms with van der Waals surface area (Å²) in [6.45, 7) is 4.56. The third-order valence-corrected chi connectivity index (χ3v) is 14.2. The molecule has 0 aliphatic heterocycles. The Morgan fingerprint density at radius 3 is 1.75 bits per heavy atom. The molecule has 2 heteroatoms. The first-order chi connectivity index (χ1) is 3.81. The maximum absolute atomic E-state index is 3.81. The van der Waals surface area contributed by atoms with Gasteiger partial charge in [-0.3, -0.25) is 0 Å². The van der Waals surface area contributed by atoms with Crippen LogP contribution in [-0.2, 0) is 0 Å². The first kappa shape index (κ1) is 9.28. The molecule has 0 N–H and O–H groups in total. The van der Waals surface area contributed by atoms with Crippen LogP contribution in [0.3, 0.4) is 0 Å². The van der Waals surface area contributed by atoms with Crippen LogP contribution in [0.1, 0.15) is 26.7 Å². The van der Waals surface area contributed by atoms with Crippen LogP contribution >= 0.6 is 12.7 Å². The first-order valence-electron chi connectivity index (χ1n) is 3.45. The molecular formula is C6H15BrSn. The molecule has 0 atom stereocenters. The minimum atomic E-state index is -0.986. The average molecular weight is 286 g/mol. The van der Waals surface area contributed by atoms with E-state index in [1.807, 2.05) is 0 Å². The third kappa shape index (κ3) is 5.42. The Morgan fingerprint density at radius 1 is 1.12 bits per heavy atom. The van der Waals surface area contributed by atoms with Crippen LogP contribution in [0.4, 0.5) is 0 Å². The van der Waals surface area contributed by atoms with Crippen LogP contribution in [0.2, 0.25) is 8.87 Å². The Bertz CT molecular complexity index is 41.8. The van der Waals surface area contributed by atoms with Gasteiger partial charge in [0.1, 0.15) is 0 Å². The zero-order chi connectivity index (χ0) is 6.41. The first-order valence-corrected chi connectivity index (χ1v) is 15.5. The van der Waals surface area contributed by atoms with Gasteiger partial charge in [-0.15, -0.1) is 0 Å². The molecular weight excluding hydrogens is 271 g/mol. The fourth-order valence-corrected chi connectivity index (χ4v) is 11.3. The van der Waals surface area contributed by atoms with Crippen molar-refractivity contribution in [1.82, 2.24) is 0 Å². The van der Waals surface area contributed by atoms with Crippen LogP contribution in [-0.4, -0.2) is 17.5 Å². The number of rotatable bonds is 4. The summed E-state index contributed by atoms with van der Waals surface area (Å²) < 4.78 is 3.07. The van der Waals surface area contributed by atoms with Gasteiger partial charge in [0.25, 0.3) is 0 Å². The van der Waals surface area contributed by atoms with E-state index in [9.17, 15) is 0 Å². The second-order valence-corrected chi connectivity index (χ2v) is 17.6. The van der Waals surface area contributed by atoms with E-state index in [0.29, 0.717) is 0 Å². The standard InChI is InChI=1S/2C3H7.BrH.Sn.H/c2*1-3-2;;;/h2*1,3H2,2H3;1H;;/q;;;+1;/p-1. The maximum atomic E-state index is 3.81. The molecule has 8 heavy (non-hydrogen) atoms. The van der Waals surface area contributed by atoms with Crippen molar-refractivity contribution in [1.29, 1.82) is 0 Å². The molecule has 0 rings (SSSR count). The van der Waals surface area contributed by atoms with Crippen LogP contribution in [0.25, 0.3) is 0 Å². The molecule has 0 unspecified atom stereocenters. The number of hydrogen-bond acceptors (Lipinski definition) is 0. The average Bonchev–Trinajstić information content (AvgIpc) is 1.68. The molecule has 0 heterocycles. The van der Waals surface area contributed by atoms with Gasteiger partial charge < -0.3 is 0 Å². The van der Waals surface area contributed by atoms with Crippen molar-refractivity contribution in [3.63, 3.8) is 0 Å². The van der Waals surface area contributed by atoms with Crippen molar-refractivity contribution >= 4 is 30.2 Å². The molecule has 0 spiro atoms. The molecule has 0 radical (unpaired) electrons. The summed E-state index contributed by atoms with van der Waals surface area (Å²) in [4.78, 5) is 0. The molecule has 0 saturated heterocycles. The van der Waals surface area contributed by atoms with Gasteiger partial charge in [0, 0.05) is 0 Å². The fourth-order valence-electron chi connectivity index (χ4n) is 0.771. The van der Waals surface area contributed by atoms with Crippen LogP contribution < -0.4 is 0 Å². The molecule has 0 amide bonds. The van der Waals surface area contributed by atoms with Crippen molar-refractivity contribution in [3.05, 3.63) is 0 Å². The van der Waals surface area contributed by atoms with E-state index in [-0.39, 0.29) is 0 Å². The summed E-state index contributed by atoms with van der Waals surface area (Å²) in [5.74, 6) is 0. The quantitative estimate of drug-likeness (QED) is 0.697. The van der Waals surface area contributed by atoms with Gasteiger partial charge in [-0.1, -0.05) is 0 Å². The van der Waals surface area contributed by atoms with Gasteiger partial charge in [0.15, 0.2) is 0 Å². The van der Waals surface area contributed by atoms with Gasteiger partial charge in [0.05, 0.1) is 0 Å². The second-order valence-electron chi connectivity index (χ2n) is 2.17. The van der Waals surface area contributed by atoms with E-state index in [0.717, 1.165) is 0 Å². The Balaban J connectivity index is 2.92. The second kappa shape index (κ2) is 6.40. The van der Waals surface area contributed by atoms with Gasteiger partial charge in [-0.25, -0.2) is 0 Å². The third-order valence-electron chi connectivity index (χ3n) is 1.20. The minimum absolute atomic E-state index is 0.986. The van der Waals surface area contributed by atoms with Crippen molar-refractivity contribution < 1.29 is 0 Å². The predicted octanol–water partition coefficient (Wildman–Crippen LogP) is 2.93. The molecule has 0 saturated carbocycles. The predicted molar refractivity (Wildman–Crippen MR) is 46.3 cm³/mol. The van der Waals surface area contributed by atoms with E-state index >= 15 is 0 Å². The zero-order valence-electron chi connectivity index (χ0n) is 5.78. The van der Waals surface area contributed by atoms with Gasteiger partial charge in [-0.2, -0.15) is 0 Å². The van der Waals surface area contributed by atoms with Crippen LogP contribution in [0.15, 0.2) is 0 Å². The molecule has 0 aromatic carbocycles. The summed E-state index contributed by atoms with van der Waals surface area (Å²) in [5.41, 5.74) is 0. The van der Waals surface area contributed by atoms with Gasteiger partial charge in [-0.05, 0) is 0 Å². The van der Waals surface area contributed by atoms with Crippen molar-refractivity contribution in [3.8, 4) is 0 Å². The monoisotopic (exact) mass is 286 g/mol. The topological polar surface area (TPSA) is 0 Å². The summed E-state index contributed by atoms with van der Waals surface area (Å²) >= 11 is 2.82. The summed E-state index contributed by atoms with van der Waals surface area (Å²) in [7, 11) is 0. The summed E-state index contributed by atoms with van der Waals surface area (Å²) in [6, 6.07) is 0. The van der Waals surface area contributed by atoms with E-state index < -0.39 is 17.5 Å². The van der Waals surface area contributed by atoms with Crippen LogP contribution in [0.5, 0.6) is 0 Å². The van der Waals surface area contributed by atoms with E-state index in [2.05, 4.69) is 26.6 Å². The van der Waals surface area contributed by atoms with Crippen molar-refractivity contribution in [2.24, 2.45) is 0 Å². The van der Waals surface area contributed by atoms with E-state index in [1.165, 1.54) is 21.7 Å². The summed E-state index contributed by atoms with van der Waals surface area (Å²) in [6.07, 6.45) is 2.79. The van der Waals surface area contributed by atoms with Crippen molar-refractivity contribution in [2.75, 3.05) is 0 Å². The van der Waals surface area contributed by atoms with E-state index in [4.69, 9.17) is 0 Å². The SMILES string of the molecule is CC[CH2][SnH]([Br])[CH2]CC. The zero-order valence-corrected chi connectivity index (χ0v) is 10.7. The van der Waals surface area contributed by atoms with E-state index in [1.54, 1.807) is 0 Å². The van der Waals surface area contributed by atoms with Crippen molar-refractivity contribution in [2.45, 2.75) is 35.6 Å². The van der Waals surface area contributed by atoms with Crippen LogP contribution in [0, 0.1) is 0 Å². The Morgan fingerprint density at radius 2 is 1.50 bits per heavy atom. The molecule has 0 aromatic rings. The Hall–Kier alpha value is 1.28. The van der Waals surface area contributed by atoms with Gasteiger partial charge in [0.2, 0.25) is 0 Å². The molecule has 0 nitrogen and oxygen atoms in total. The Kier molecular flexibility index (Phi) is 7.42. The summed E-state index contributed by atoms with van der Waals surface area (Å²) in [5, 5.41) is 0. The number of hydrogen-bond donors (Lipinski definition) is 0. The Labute approximate surface area is 65.5 Å². The van der Waals surface area contributed by atoms with Gasteiger partial charge >= 0.3 is 65.8 Å². The molecule has 0 aliphatic carbocycles. The molecule has 50 valence electrons. The molecule has 0 aromatic heterocycles. The molecule has 0 fully saturated rings. The molecule has 0 aliphatic rings.